The maximum atomic E-state index is 11.7. The van der Waals surface area contributed by atoms with Gasteiger partial charge in [0.1, 0.15) is 0 Å². The number of carbonyl (C=O) groups is 1. The number of esters is 1. The van der Waals surface area contributed by atoms with Crippen molar-refractivity contribution in [2.24, 2.45) is 46.3 Å². The summed E-state index contributed by atoms with van der Waals surface area (Å²) in [7, 11) is 1.52. The standard InChI is InChI=1S/C28H50O2/c1-7-8-9-18-27(4)21(3)11-10-12-22-24-15-14-23(20(2)13-16-26(29)30-6)28(24,5)19-17-25(22)27/h20-25H,7-19H2,1-6H3/t20?,21?,22?,23?,24?,25?,27-,28+/m0/s1. The lowest BCUT2D eigenvalue weighted by Gasteiger charge is -2.55. The molecule has 30 heavy (non-hydrogen) atoms. The van der Waals surface area contributed by atoms with Gasteiger partial charge in [-0.05, 0) is 91.3 Å². The van der Waals surface area contributed by atoms with Crippen LogP contribution in [-0.4, -0.2) is 13.1 Å². The van der Waals surface area contributed by atoms with Crippen LogP contribution in [-0.2, 0) is 9.53 Å². The first-order valence-corrected chi connectivity index (χ1v) is 13.3. The number of fused-ring (bicyclic) bond motifs is 3. The Labute approximate surface area is 187 Å². The van der Waals surface area contributed by atoms with Gasteiger partial charge in [-0.1, -0.05) is 66.7 Å². The molecule has 0 aliphatic heterocycles. The van der Waals surface area contributed by atoms with Gasteiger partial charge in [0.2, 0.25) is 0 Å². The van der Waals surface area contributed by atoms with Crippen molar-refractivity contribution in [3.63, 3.8) is 0 Å². The van der Waals surface area contributed by atoms with Gasteiger partial charge in [-0.2, -0.15) is 0 Å². The number of hydrogen-bond donors (Lipinski definition) is 0. The van der Waals surface area contributed by atoms with Crippen molar-refractivity contribution in [2.75, 3.05) is 7.11 Å². The Kier molecular flexibility index (Phi) is 8.00. The molecule has 2 heteroatoms. The highest BCUT2D eigenvalue weighted by atomic mass is 16.5. The molecule has 0 aromatic heterocycles. The van der Waals surface area contributed by atoms with Crippen molar-refractivity contribution in [2.45, 2.75) is 118 Å². The molecule has 174 valence electrons. The molecule has 0 aromatic rings. The normalized spacial score (nSPS) is 42.1. The first-order valence-electron chi connectivity index (χ1n) is 13.3. The first kappa shape index (κ1) is 24.1. The van der Waals surface area contributed by atoms with E-state index in [2.05, 4.69) is 34.6 Å². The molecule has 0 saturated heterocycles. The predicted molar refractivity (Wildman–Crippen MR) is 126 cm³/mol. The minimum absolute atomic E-state index is 0.0362. The van der Waals surface area contributed by atoms with Crippen molar-refractivity contribution in [1.29, 1.82) is 0 Å². The van der Waals surface area contributed by atoms with Crippen molar-refractivity contribution < 1.29 is 9.53 Å². The summed E-state index contributed by atoms with van der Waals surface area (Å²) in [6.07, 6.45) is 17.3. The van der Waals surface area contributed by atoms with Crippen LogP contribution in [0.4, 0.5) is 0 Å². The number of rotatable bonds is 8. The molecule has 3 saturated carbocycles. The van der Waals surface area contributed by atoms with Gasteiger partial charge in [0.15, 0.2) is 0 Å². The monoisotopic (exact) mass is 418 g/mol. The largest absolute Gasteiger partial charge is 0.469 e. The fraction of sp³-hybridized carbons (Fsp3) is 0.964. The zero-order valence-electron chi connectivity index (χ0n) is 21.0. The lowest BCUT2D eigenvalue weighted by molar-refractivity contribution is -0.141. The molecule has 0 heterocycles. The third kappa shape index (κ3) is 4.49. The highest BCUT2D eigenvalue weighted by molar-refractivity contribution is 5.69. The molecule has 2 nitrogen and oxygen atoms in total. The number of methoxy groups -OCH3 is 1. The first-order chi connectivity index (χ1) is 14.3. The van der Waals surface area contributed by atoms with Crippen LogP contribution in [0.25, 0.3) is 0 Å². The van der Waals surface area contributed by atoms with Gasteiger partial charge in [-0.3, -0.25) is 4.79 Å². The summed E-state index contributed by atoms with van der Waals surface area (Å²) in [4.78, 5) is 11.7. The summed E-state index contributed by atoms with van der Waals surface area (Å²) >= 11 is 0. The van der Waals surface area contributed by atoms with Gasteiger partial charge in [0, 0.05) is 6.42 Å². The molecule has 0 amide bonds. The van der Waals surface area contributed by atoms with Crippen LogP contribution in [0.2, 0.25) is 0 Å². The van der Waals surface area contributed by atoms with E-state index in [4.69, 9.17) is 4.74 Å². The topological polar surface area (TPSA) is 26.3 Å². The summed E-state index contributed by atoms with van der Waals surface area (Å²) in [5.41, 5.74) is 1.04. The molecule has 3 aliphatic carbocycles. The summed E-state index contributed by atoms with van der Waals surface area (Å²) in [5.74, 6) is 5.07. The van der Waals surface area contributed by atoms with Crippen LogP contribution in [0.1, 0.15) is 118 Å². The Morgan fingerprint density at radius 1 is 1.07 bits per heavy atom. The summed E-state index contributed by atoms with van der Waals surface area (Å²) in [5, 5.41) is 0. The van der Waals surface area contributed by atoms with E-state index >= 15 is 0 Å². The molecule has 8 atom stereocenters. The Bertz CT molecular complexity index is 571. The van der Waals surface area contributed by atoms with E-state index in [1.54, 1.807) is 0 Å². The Hall–Kier alpha value is -0.530. The second kappa shape index (κ2) is 9.95. The molecule has 3 rings (SSSR count). The summed E-state index contributed by atoms with van der Waals surface area (Å²) in [6, 6.07) is 0. The average molecular weight is 419 g/mol. The highest BCUT2D eigenvalue weighted by Crippen LogP contribution is 2.66. The number of unbranched alkanes of at least 4 members (excludes halogenated alkanes) is 2. The Morgan fingerprint density at radius 3 is 2.53 bits per heavy atom. The van der Waals surface area contributed by atoms with E-state index < -0.39 is 0 Å². The zero-order chi connectivity index (χ0) is 21.9. The third-order valence-electron chi connectivity index (χ3n) is 10.7. The van der Waals surface area contributed by atoms with Gasteiger partial charge in [-0.15, -0.1) is 0 Å². The molecule has 0 N–H and O–H groups in total. The van der Waals surface area contributed by atoms with Crippen LogP contribution in [0.3, 0.4) is 0 Å². The molecule has 0 spiro atoms. The number of ether oxygens (including phenoxy) is 1. The van der Waals surface area contributed by atoms with Gasteiger partial charge in [-0.25, -0.2) is 0 Å². The van der Waals surface area contributed by atoms with Crippen LogP contribution in [0.15, 0.2) is 0 Å². The van der Waals surface area contributed by atoms with Crippen molar-refractivity contribution in [1.82, 2.24) is 0 Å². The fourth-order valence-corrected chi connectivity index (χ4v) is 8.68. The molecular formula is C28H50O2. The van der Waals surface area contributed by atoms with E-state index in [1.807, 2.05) is 0 Å². The van der Waals surface area contributed by atoms with Gasteiger partial charge >= 0.3 is 5.97 Å². The van der Waals surface area contributed by atoms with Crippen LogP contribution >= 0.6 is 0 Å². The fourth-order valence-electron chi connectivity index (χ4n) is 8.68. The average Bonchev–Trinajstić information content (AvgIpc) is 3.03. The summed E-state index contributed by atoms with van der Waals surface area (Å²) < 4.78 is 4.91. The quantitative estimate of drug-likeness (QED) is 0.294. The van der Waals surface area contributed by atoms with Gasteiger partial charge in [0.05, 0.1) is 7.11 Å². The van der Waals surface area contributed by atoms with Crippen molar-refractivity contribution in [3.8, 4) is 0 Å². The molecular weight excluding hydrogens is 368 g/mol. The second-order valence-corrected chi connectivity index (χ2v) is 12.0. The van der Waals surface area contributed by atoms with Crippen molar-refractivity contribution >= 4 is 5.97 Å². The van der Waals surface area contributed by atoms with E-state index in [-0.39, 0.29) is 5.97 Å². The molecule has 0 aromatic carbocycles. The molecule has 0 radical (unpaired) electrons. The summed E-state index contributed by atoms with van der Waals surface area (Å²) in [6.45, 7) is 12.7. The van der Waals surface area contributed by atoms with Crippen molar-refractivity contribution in [3.05, 3.63) is 0 Å². The van der Waals surface area contributed by atoms with E-state index in [0.717, 1.165) is 36.0 Å². The molecule has 6 unspecified atom stereocenters. The van der Waals surface area contributed by atoms with E-state index in [0.29, 0.717) is 23.2 Å². The lowest BCUT2D eigenvalue weighted by atomic mass is 9.50. The predicted octanol–water partition coefficient (Wildman–Crippen LogP) is 8.04. The molecule has 0 bridgehead atoms. The van der Waals surface area contributed by atoms with Crippen LogP contribution < -0.4 is 0 Å². The van der Waals surface area contributed by atoms with E-state index in [1.165, 1.54) is 77.7 Å². The SMILES string of the molecule is CCCCC[C@@]1(C)C(C)CCCC2C3CCC(C(C)CCC(=O)OC)[C@@]3(C)CCC21. The highest BCUT2D eigenvalue weighted by Gasteiger charge is 2.58. The zero-order valence-corrected chi connectivity index (χ0v) is 21.0. The third-order valence-corrected chi connectivity index (χ3v) is 10.7. The van der Waals surface area contributed by atoms with Gasteiger partial charge in [0.25, 0.3) is 0 Å². The maximum absolute atomic E-state index is 11.7. The second-order valence-electron chi connectivity index (χ2n) is 12.0. The van der Waals surface area contributed by atoms with Crippen LogP contribution in [0, 0.1) is 46.3 Å². The van der Waals surface area contributed by atoms with E-state index in [9.17, 15) is 4.79 Å². The molecule has 3 aliphatic rings. The Balaban J connectivity index is 1.76. The van der Waals surface area contributed by atoms with Gasteiger partial charge < -0.3 is 4.74 Å². The lowest BCUT2D eigenvalue weighted by Crippen LogP contribution is -2.48. The number of hydrogen-bond acceptors (Lipinski definition) is 2. The minimum Gasteiger partial charge on any atom is -0.469 e. The molecule has 3 fully saturated rings. The minimum atomic E-state index is -0.0362. The van der Waals surface area contributed by atoms with Crippen LogP contribution in [0.5, 0.6) is 0 Å². The maximum Gasteiger partial charge on any atom is 0.305 e. The number of carbonyl (C=O) groups excluding carboxylic acids is 1. The Morgan fingerprint density at radius 2 is 1.83 bits per heavy atom. The smallest absolute Gasteiger partial charge is 0.305 e.